The minimum absolute atomic E-state index is 0.0115. The van der Waals surface area contributed by atoms with Crippen molar-refractivity contribution in [1.82, 2.24) is 4.98 Å². The van der Waals surface area contributed by atoms with Crippen LogP contribution < -0.4 is 0 Å². The number of aromatic nitrogens is 1. The summed E-state index contributed by atoms with van der Waals surface area (Å²) in [5.74, 6) is -0.403. The molecule has 0 aliphatic carbocycles. The van der Waals surface area contributed by atoms with Crippen LogP contribution in [0.2, 0.25) is 0 Å². The Hall–Kier alpha value is -2.63. The number of H-pyrrole nitrogens is 1. The van der Waals surface area contributed by atoms with Gasteiger partial charge in [-0.3, -0.25) is 10.1 Å². The summed E-state index contributed by atoms with van der Waals surface area (Å²) in [5.41, 5.74) is 2.84. The summed E-state index contributed by atoms with van der Waals surface area (Å²) in [6.45, 7) is 3.71. The minimum atomic E-state index is -0.470. The summed E-state index contributed by atoms with van der Waals surface area (Å²) in [4.78, 5) is 25.0. The molecule has 1 N–H and O–H groups in total. The molecule has 0 bridgehead atoms. The van der Waals surface area contributed by atoms with Gasteiger partial charge >= 0.3 is 5.97 Å². The molecule has 20 heavy (non-hydrogen) atoms. The van der Waals surface area contributed by atoms with Crippen LogP contribution in [-0.4, -0.2) is 15.9 Å². The first-order valence-corrected chi connectivity index (χ1v) is 6.04. The topological polar surface area (TPSA) is 85.2 Å². The summed E-state index contributed by atoms with van der Waals surface area (Å²) < 4.78 is 5.21. The van der Waals surface area contributed by atoms with E-state index in [1.807, 2.05) is 6.92 Å². The van der Waals surface area contributed by atoms with E-state index >= 15 is 0 Å². The number of carbonyl (C=O) groups is 1. The number of aromatic amines is 1. The van der Waals surface area contributed by atoms with Crippen LogP contribution >= 0.6 is 0 Å². The third-order valence-corrected chi connectivity index (χ3v) is 3.00. The predicted molar refractivity (Wildman–Crippen MR) is 72.5 cm³/mol. The van der Waals surface area contributed by atoms with E-state index in [-0.39, 0.29) is 12.3 Å². The zero-order valence-electron chi connectivity index (χ0n) is 11.2. The van der Waals surface area contributed by atoms with Crippen molar-refractivity contribution in [3.05, 3.63) is 63.0 Å². The summed E-state index contributed by atoms with van der Waals surface area (Å²) >= 11 is 0. The molecule has 1 heterocycles. The molecule has 0 radical (unpaired) electrons. The van der Waals surface area contributed by atoms with Gasteiger partial charge in [0.25, 0.3) is 5.69 Å². The molecule has 104 valence electrons. The van der Waals surface area contributed by atoms with Gasteiger partial charge in [0.05, 0.1) is 10.5 Å². The number of hydrogen-bond donors (Lipinski definition) is 1. The number of nitro benzene ring substituents is 1. The number of hydrogen-bond acceptors (Lipinski definition) is 4. The number of non-ortho nitro benzene ring substituents is 1. The van der Waals surface area contributed by atoms with Crippen LogP contribution in [0.4, 0.5) is 5.69 Å². The largest absolute Gasteiger partial charge is 0.457 e. The Labute approximate surface area is 115 Å². The van der Waals surface area contributed by atoms with E-state index in [4.69, 9.17) is 4.74 Å². The van der Waals surface area contributed by atoms with E-state index in [1.165, 1.54) is 12.1 Å². The first-order valence-electron chi connectivity index (χ1n) is 6.04. The fraction of sp³-hybridized carbons (Fsp3) is 0.214. The van der Waals surface area contributed by atoms with E-state index in [2.05, 4.69) is 4.98 Å². The number of rotatable bonds is 4. The normalized spacial score (nSPS) is 10.3. The lowest BCUT2D eigenvalue weighted by Gasteiger charge is -2.05. The lowest BCUT2D eigenvalue weighted by atomic mass is 10.2. The lowest BCUT2D eigenvalue weighted by molar-refractivity contribution is -0.384. The number of benzene rings is 1. The van der Waals surface area contributed by atoms with Crippen molar-refractivity contribution in [1.29, 1.82) is 0 Å². The summed E-state index contributed by atoms with van der Waals surface area (Å²) in [7, 11) is 0. The smallest absolute Gasteiger partial charge is 0.340 e. The molecule has 2 rings (SSSR count). The third kappa shape index (κ3) is 2.85. The molecule has 0 spiro atoms. The number of esters is 1. The molecule has 1 aromatic carbocycles. The monoisotopic (exact) mass is 274 g/mol. The molecule has 0 amide bonds. The average molecular weight is 274 g/mol. The van der Waals surface area contributed by atoms with E-state index in [9.17, 15) is 14.9 Å². The quantitative estimate of drug-likeness (QED) is 0.527. The van der Waals surface area contributed by atoms with Gasteiger partial charge in [-0.15, -0.1) is 0 Å². The van der Waals surface area contributed by atoms with Gasteiger partial charge in [0.1, 0.15) is 6.61 Å². The maximum absolute atomic E-state index is 11.9. The number of ether oxygens (including phenoxy) is 1. The van der Waals surface area contributed by atoms with Crippen LogP contribution in [0, 0.1) is 24.0 Å². The highest BCUT2D eigenvalue weighted by Gasteiger charge is 2.15. The zero-order chi connectivity index (χ0) is 14.7. The maximum atomic E-state index is 11.9. The van der Waals surface area contributed by atoms with E-state index in [1.54, 1.807) is 25.3 Å². The summed E-state index contributed by atoms with van der Waals surface area (Å²) in [5, 5.41) is 10.5. The number of aryl methyl sites for hydroxylation is 2. The van der Waals surface area contributed by atoms with Gasteiger partial charge in [-0.05, 0) is 37.1 Å². The molecular weight excluding hydrogens is 260 g/mol. The van der Waals surface area contributed by atoms with Gasteiger partial charge in [-0.1, -0.05) is 0 Å². The molecule has 0 saturated carbocycles. The lowest BCUT2D eigenvalue weighted by Crippen LogP contribution is -2.07. The Bertz CT molecular complexity index is 624. The van der Waals surface area contributed by atoms with Gasteiger partial charge in [-0.25, -0.2) is 4.79 Å². The van der Waals surface area contributed by atoms with Crippen molar-refractivity contribution in [2.24, 2.45) is 0 Å². The molecule has 0 fully saturated rings. The maximum Gasteiger partial charge on any atom is 0.340 e. The highest BCUT2D eigenvalue weighted by Crippen LogP contribution is 2.16. The molecule has 0 saturated heterocycles. The average Bonchev–Trinajstić information content (AvgIpc) is 2.76. The Morgan fingerprint density at radius 1 is 1.30 bits per heavy atom. The Morgan fingerprint density at radius 2 is 1.95 bits per heavy atom. The number of nitrogens with zero attached hydrogens (tertiary/aromatic N) is 1. The highest BCUT2D eigenvalue weighted by atomic mass is 16.6. The summed E-state index contributed by atoms with van der Waals surface area (Å²) in [6.07, 6.45) is 1.75. The Morgan fingerprint density at radius 3 is 2.45 bits per heavy atom. The molecule has 0 atom stereocenters. The standard InChI is InChI=1S/C14H14N2O4/c1-9-7-15-10(2)13(9)14(17)20-8-11-3-5-12(6-4-11)16(18)19/h3-7,15H,8H2,1-2H3. The van der Waals surface area contributed by atoms with E-state index in [0.29, 0.717) is 11.1 Å². The summed E-state index contributed by atoms with van der Waals surface area (Å²) in [6, 6.07) is 5.91. The molecule has 2 aromatic rings. The van der Waals surface area contributed by atoms with Gasteiger partial charge in [-0.2, -0.15) is 0 Å². The third-order valence-electron chi connectivity index (χ3n) is 3.00. The minimum Gasteiger partial charge on any atom is -0.457 e. The van der Waals surface area contributed by atoms with Crippen LogP contribution in [0.25, 0.3) is 0 Å². The molecular formula is C14H14N2O4. The van der Waals surface area contributed by atoms with Crippen LogP contribution in [0.15, 0.2) is 30.5 Å². The van der Waals surface area contributed by atoms with Crippen molar-refractivity contribution in [2.45, 2.75) is 20.5 Å². The van der Waals surface area contributed by atoms with E-state index in [0.717, 1.165) is 11.3 Å². The van der Waals surface area contributed by atoms with Crippen LogP contribution in [0.5, 0.6) is 0 Å². The van der Waals surface area contributed by atoms with Crippen LogP contribution in [0.3, 0.4) is 0 Å². The van der Waals surface area contributed by atoms with Crippen molar-refractivity contribution < 1.29 is 14.5 Å². The zero-order valence-corrected chi connectivity index (χ0v) is 11.2. The van der Waals surface area contributed by atoms with Gasteiger partial charge in [0.15, 0.2) is 0 Å². The second-order valence-corrected chi connectivity index (χ2v) is 4.47. The number of carbonyl (C=O) groups excluding carboxylic acids is 1. The van der Waals surface area contributed by atoms with Crippen molar-refractivity contribution in [2.75, 3.05) is 0 Å². The van der Waals surface area contributed by atoms with Gasteiger partial charge in [0.2, 0.25) is 0 Å². The molecule has 0 unspecified atom stereocenters. The van der Waals surface area contributed by atoms with Crippen LogP contribution in [-0.2, 0) is 11.3 Å². The van der Waals surface area contributed by atoms with Crippen molar-refractivity contribution in [3.63, 3.8) is 0 Å². The molecule has 6 heteroatoms. The second kappa shape index (κ2) is 5.56. The molecule has 0 aliphatic heterocycles. The first-order chi connectivity index (χ1) is 9.49. The first kappa shape index (κ1) is 13.8. The van der Waals surface area contributed by atoms with Gasteiger partial charge < -0.3 is 9.72 Å². The fourth-order valence-electron chi connectivity index (χ4n) is 1.91. The second-order valence-electron chi connectivity index (χ2n) is 4.47. The molecule has 1 aromatic heterocycles. The van der Waals surface area contributed by atoms with E-state index < -0.39 is 10.9 Å². The molecule has 6 nitrogen and oxygen atoms in total. The van der Waals surface area contributed by atoms with Gasteiger partial charge in [0, 0.05) is 24.0 Å². The van der Waals surface area contributed by atoms with Crippen molar-refractivity contribution in [3.8, 4) is 0 Å². The number of nitrogens with one attached hydrogen (secondary N) is 1. The highest BCUT2D eigenvalue weighted by molar-refractivity contribution is 5.92. The fourth-order valence-corrected chi connectivity index (χ4v) is 1.91. The molecule has 0 aliphatic rings. The predicted octanol–water partition coefficient (Wildman–Crippen LogP) is 2.90. The SMILES string of the molecule is Cc1c[nH]c(C)c1C(=O)OCc1ccc([N+](=O)[O-])cc1. The van der Waals surface area contributed by atoms with Crippen molar-refractivity contribution >= 4 is 11.7 Å². The Balaban J connectivity index is 2.02. The Kier molecular flexibility index (Phi) is 3.84. The number of nitro groups is 1. The van der Waals surface area contributed by atoms with Crippen LogP contribution in [0.1, 0.15) is 27.2 Å².